The number of ether oxygens (including phenoxy) is 1. The van der Waals surface area contributed by atoms with E-state index in [4.69, 9.17) is 9.15 Å². The predicted octanol–water partition coefficient (Wildman–Crippen LogP) is 5.79. The molecule has 0 spiro atoms. The lowest BCUT2D eigenvalue weighted by Crippen LogP contribution is -2.03. The van der Waals surface area contributed by atoms with Crippen molar-refractivity contribution in [2.45, 2.75) is 6.61 Å². The van der Waals surface area contributed by atoms with E-state index in [0.29, 0.717) is 27.5 Å². The van der Waals surface area contributed by atoms with Gasteiger partial charge in [0.25, 0.3) is 0 Å². The molecule has 5 rings (SSSR count). The fourth-order valence-corrected chi connectivity index (χ4v) is 4.06. The highest BCUT2D eigenvalue weighted by atomic mass is 32.1. The van der Waals surface area contributed by atoms with E-state index in [-0.39, 0.29) is 12.4 Å². The normalized spacial score (nSPS) is 11.2. The third kappa shape index (κ3) is 3.39. The lowest BCUT2D eigenvalue weighted by molar-refractivity contribution is 0.300. The van der Waals surface area contributed by atoms with Crippen LogP contribution < -0.4 is 10.4 Å². The molecule has 0 atom stereocenters. The molecule has 2 aromatic heterocycles. The van der Waals surface area contributed by atoms with E-state index in [1.807, 2.05) is 30.3 Å². The second-order valence-electron chi connectivity index (χ2n) is 6.51. The van der Waals surface area contributed by atoms with Crippen LogP contribution in [0.5, 0.6) is 5.75 Å². The smallest absolute Gasteiger partial charge is 0.346 e. The molecule has 0 bridgehead atoms. The maximum Gasteiger partial charge on any atom is 0.346 e. The Morgan fingerprint density at radius 1 is 1.00 bits per heavy atom. The molecule has 0 saturated carbocycles. The van der Waals surface area contributed by atoms with E-state index >= 15 is 0 Å². The minimum atomic E-state index is -0.456. The molecule has 3 aromatic carbocycles. The summed E-state index contributed by atoms with van der Waals surface area (Å²) in [5.41, 5.74) is 1.69. The van der Waals surface area contributed by atoms with Crippen LogP contribution in [0.25, 0.3) is 31.8 Å². The van der Waals surface area contributed by atoms with Crippen molar-refractivity contribution in [1.29, 1.82) is 0 Å². The Morgan fingerprint density at radius 3 is 2.69 bits per heavy atom. The first-order valence-corrected chi connectivity index (χ1v) is 9.79. The molecule has 142 valence electrons. The van der Waals surface area contributed by atoms with Gasteiger partial charge in [0.05, 0.1) is 15.8 Å². The van der Waals surface area contributed by atoms with E-state index in [2.05, 4.69) is 4.98 Å². The van der Waals surface area contributed by atoms with Crippen molar-refractivity contribution in [3.8, 4) is 16.3 Å². The Bertz CT molecular complexity index is 1370. The molecule has 0 N–H and O–H groups in total. The van der Waals surface area contributed by atoms with Crippen LogP contribution in [0, 0.1) is 5.82 Å². The molecule has 0 fully saturated rings. The Balaban J connectivity index is 1.47. The van der Waals surface area contributed by atoms with E-state index < -0.39 is 5.63 Å². The lowest BCUT2D eigenvalue weighted by atomic mass is 10.2. The summed E-state index contributed by atoms with van der Waals surface area (Å²) in [5, 5.41) is 1.39. The standard InChI is InChI=1S/C23H14FNO3S/c24-18-6-2-1-5-15(18)13-27-16-10-9-14-11-17(23(26)28-20(14)12-16)22-25-19-7-3-4-8-21(19)29-22/h1-12H,13H2. The number of fused-ring (bicyclic) bond motifs is 2. The fraction of sp³-hybridized carbons (Fsp3) is 0.0435. The van der Waals surface area contributed by atoms with Gasteiger partial charge in [-0.2, -0.15) is 0 Å². The molecule has 0 unspecified atom stereocenters. The van der Waals surface area contributed by atoms with E-state index in [1.165, 1.54) is 17.4 Å². The fourth-order valence-electron chi connectivity index (χ4n) is 3.09. The molecule has 0 aliphatic carbocycles. The maximum absolute atomic E-state index is 13.7. The van der Waals surface area contributed by atoms with Gasteiger partial charge in [0.2, 0.25) is 0 Å². The van der Waals surface area contributed by atoms with Crippen LogP contribution in [-0.4, -0.2) is 4.98 Å². The van der Waals surface area contributed by atoms with Crippen molar-refractivity contribution in [1.82, 2.24) is 4.98 Å². The number of rotatable bonds is 4. The van der Waals surface area contributed by atoms with Gasteiger partial charge in [0.1, 0.15) is 28.8 Å². The molecule has 2 heterocycles. The maximum atomic E-state index is 13.7. The highest BCUT2D eigenvalue weighted by Gasteiger charge is 2.13. The average Bonchev–Trinajstić information content (AvgIpc) is 3.16. The van der Waals surface area contributed by atoms with Gasteiger partial charge in [0, 0.05) is 17.0 Å². The van der Waals surface area contributed by atoms with Crippen LogP contribution in [0.3, 0.4) is 0 Å². The predicted molar refractivity (Wildman–Crippen MR) is 112 cm³/mol. The Morgan fingerprint density at radius 2 is 1.83 bits per heavy atom. The van der Waals surface area contributed by atoms with Crippen molar-refractivity contribution in [2.75, 3.05) is 0 Å². The van der Waals surface area contributed by atoms with Crippen molar-refractivity contribution < 1.29 is 13.5 Å². The summed E-state index contributed by atoms with van der Waals surface area (Å²) >= 11 is 1.45. The molecular weight excluding hydrogens is 389 g/mol. The van der Waals surface area contributed by atoms with E-state index in [0.717, 1.165) is 15.6 Å². The lowest BCUT2D eigenvalue weighted by Gasteiger charge is -2.08. The molecule has 6 heteroatoms. The van der Waals surface area contributed by atoms with Gasteiger partial charge in [-0.1, -0.05) is 30.3 Å². The summed E-state index contributed by atoms with van der Waals surface area (Å²) in [4.78, 5) is 17.1. The third-order valence-electron chi connectivity index (χ3n) is 4.58. The van der Waals surface area contributed by atoms with Crippen LogP contribution in [0.2, 0.25) is 0 Å². The number of halogens is 1. The number of nitrogens with zero attached hydrogens (tertiary/aromatic N) is 1. The van der Waals surface area contributed by atoms with Crippen LogP contribution in [0.15, 0.2) is 82.0 Å². The summed E-state index contributed by atoms with van der Waals surface area (Å²) in [6.07, 6.45) is 0. The molecule has 5 aromatic rings. The van der Waals surface area contributed by atoms with Gasteiger partial charge in [-0.25, -0.2) is 14.2 Å². The summed E-state index contributed by atoms with van der Waals surface area (Å²) < 4.78 is 25.9. The molecule has 0 aliphatic heterocycles. The van der Waals surface area contributed by atoms with Crippen LogP contribution in [0.4, 0.5) is 4.39 Å². The largest absolute Gasteiger partial charge is 0.489 e. The third-order valence-corrected chi connectivity index (χ3v) is 5.65. The number of hydrogen-bond donors (Lipinski definition) is 0. The summed E-state index contributed by atoms with van der Waals surface area (Å²) in [5.74, 6) is 0.178. The van der Waals surface area contributed by atoms with Gasteiger partial charge in [0.15, 0.2) is 0 Å². The SMILES string of the molecule is O=c1oc2cc(OCc3ccccc3F)ccc2cc1-c1nc2ccccc2s1. The molecule has 4 nitrogen and oxygen atoms in total. The molecule has 0 saturated heterocycles. The summed E-state index contributed by atoms with van der Waals surface area (Å²) in [6, 6.07) is 21.2. The van der Waals surface area contributed by atoms with Crippen molar-refractivity contribution in [3.63, 3.8) is 0 Å². The topological polar surface area (TPSA) is 52.3 Å². The van der Waals surface area contributed by atoms with Gasteiger partial charge in [-0.15, -0.1) is 11.3 Å². The summed E-state index contributed by atoms with van der Waals surface area (Å²) in [6.45, 7) is 0.0895. The molecular formula is C23H14FNO3S. The second-order valence-corrected chi connectivity index (χ2v) is 7.54. The van der Waals surface area contributed by atoms with Gasteiger partial charge in [-0.3, -0.25) is 0 Å². The number of para-hydroxylation sites is 1. The number of aromatic nitrogens is 1. The highest BCUT2D eigenvalue weighted by molar-refractivity contribution is 7.21. The number of hydrogen-bond acceptors (Lipinski definition) is 5. The molecule has 0 aliphatic rings. The van der Waals surface area contributed by atoms with E-state index in [1.54, 1.807) is 36.4 Å². The highest BCUT2D eigenvalue weighted by Crippen LogP contribution is 2.30. The minimum Gasteiger partial charge on any atom is -0.489 e. The number of benzene rings is 3. The second kappa shape index (κ2) is 7.14. The van der Waals surface area contributed by atoms with Gasteiger partial charge in [-0.05, 0) is 36.4 Å². The van der Waals surface area contributed by atoms with Crippen LogP contribution >= 0.6 is 11.3 Å². The Hall–Kier alpha value is -3.51. The van der Waals surface area contributed by atoms with Crippen molar-refractivity contribution >= 4 is 32.5 Å². The first-order chi connectivity index (χ1) is 14.2. The number of thiazole rings is 1. The van der Waals surface area contributed by atoms with Gasteiger partial charge >= 0.3 is 5.63 Å². The first-order valence-electron chi connectivity index (χ1n) is 8.97. The average molecular weight is 403 g/mol. The first kappa shape index (κ1) is 17.6. The monoisotopic (exact) mass is 403 g/mol. The summed E-state index contributed by atoms with van der Waals surface area (Å²) in [7, 11) is 0. The van der Waals surface area contributed by atoms with E-state index in [9.17, 15) is 9.18 Å². The molecule has 0 amide bonds. The zero-order valence-corrected chi connectivity index (χ0v) is 15.9. The Kier molecular flexibility index (Phi) is 4.33. The Labute approximate surface area is 168 Å². The van der Waals surface area contributed by atoms with Crippen LogP contribution in [0.1, 0.15) is 5.56 Å². The van der Waals surface area contributed by atoms with Gasteiger partial charge < -0.3 is 9.15 Å². The molecule has 0 radical (unpaired) electrons. The quantitative estimate of drug-likeness (QED) is 0.357. The molecule has 29 heavy (non-hydrogen) atoms. The zero-order chi connectivity index (χ0) is 19.8. The van der Waals surface area contributed by atoms with Crippen molar-refractivity contribution in [3.05, 3.63) is 94.6 Å². The van der Waals surface area contributed by atoms with Crippen LogP contribution in [-0.2, 0) is 6.61 Å². The minimum absolute atomic E-state index is 0.0895. The zero-order valence-electron chi connectivity index (χ0n) is 15.1. The van der Waals surface area contributed by atoms with Crippen molar-refractivity contribution in [2.24, 2.45) is 0 Å².